The first-order valence-electron chi connectivity index (χ1n) is 5.44. The summed E-state index contributed by atoms with van der Waals surface area (Å²) < 4.78 is 6.67. The Labute approximate surface area is 124 Å². The van der Waals surface area contributed by atoms with Crippen LogP contribution in [0.15, 0.2) is 39.2 Å². The standard InChI is InChI=1S/C13H13BrClNOS/c1-18-8-11-4-3-10(17-11)7-16-13-6-9(15)2-5-12(13)14/h2-6,16H,7-8H2,1H3. The van der Waals surface area contributed by atoms with E-state index in [1.54, 1.807) is 11.8 Å². The average Bonchev–Trinajstić information content (AvgIpc) is 2.79. The van der Waals surface area contributed by atoms with Crippen molar-refractivity contribution >= 4 is 45.0 Å². The van der Waals surface area contributed by atoms with Gasteiger partial charge in [-0.05, 0) is 52.5 Å². The van der Waals surface area contributed by atoms with E-state index in [0.29, 0.717) is 11.6 Å². The van der Waals surface area contributed by atoms with Crippen LogP contribution in [-0.4, -0.2) is 6.26 Å². The van der Waals surface area contributed by atoms with Gasteiger partial charge in [-0.1, -0.05) is 11.6 Å². The number of furan rings is 1. The Hall–Kier alpha value is -0.580. The van der Waals surface area contributed by atoms with E-state index in [1.165, 1.54) is 0 Å². The van der Waals surface area contributed by atoms with Crippen molar-refractivity contribution in [2.75, 3.05) is 11.6 Å². The summed E-state index contributed by atoms with van der Waals surface area (Å²) in [5.41, 5.74) is 0.963. The smallest absolute Gasteiger partial charge is 0.123 e. The van der Waals surface area contributed by atoms with Gasteiger partial charge in [-0.3, -0.25) is 0 Å². The van der Waals surface area contributed by atoms with E-state index in [9.17, 15) is 0 Å². The molecular weight excluding hydrogens is 334 g/mol. The first-order chi connectivity index (χ1) is 8.69. The van der Waals surface area contributed by atoms with E-state index < -0.39 is 0 Å². The molecule has 96 valence electrons. The lowest BCUT2D eigenvalue weighted by Crippen LogP contribution is -1.98. The molecule has 0 atom stereocenters. The zero-order valence-electron chi connectivity index (χ0n) is 9.87. The van der Waals surface area contributed by atoms with E-state index in [2.05, 4.69) is 27.5 Å². The highest BCUT2D eigenvalue weighted by molar-refractivity contribution is 9.10. The minimum atomic E-state index is 0.646. The van der Waals surface area contributed by atoms with Gasteiger partial charge < -0.3 is 9.73 Å². The molecule has 0 aliphatic carbocycles. The molecule has 0 amide bonds. The molecule has 0 saturated carbocycles. The lowest BCUT2D eigenvalue weighted by atomic mass is 10.3. The number of thioether (sulfide) groups is 1. The molecule has 1 aromatic heterocycles. The van der Waals surface area contributed by atoms with Crippen LogP contribution in [0.3, 0.4) is 0 Å². The molecule has 0 fully saturated rings. The maximum Gasteiger partial charge on any atom is 0.123 e. The summed E-state index contributed by atoms with van der Waals surface area (Å²) in [5.74, 6) is 2.83. The van der Waals surface area contributed by atoms with Crippen LogP contribution in [0.2, 0.25) is 5.02 Å². The number of nitrogens with one attached hydrogen (secondary N) is 1. The van der Waals surface area contributed by atoms with E-state index in [1.807, 2.05) is 30.3 Å². The van der Waals surface area contributed by atoms with E-state index in [4.69, 9.17) is 16.0 Å². The second kappa shape index (κ2) is 6.55. The fourth-order valence-corrected chi connectivity index (χ4v) is 2.55. The zero-order chi connectivity index (χ0) is 13.0. The molecule has 2 rings (SSSR count). The number of rotatable bonds is 5. The second-order valence-corrected chi connectivity index (χ2v) is 5.94. The van der Waals surface area contributed by atoms with Gasteiger partial charge in [-0.15, -0.1) is 0 Å². The third-order valence-electron chi connectivity index (χ3n) is 2.39. The van der Waals surface area contributed by atoms with Gasteiger partial charge in [0.15, 0.2) is 0 Å². The minimum absolute atomic E-state index is 0.646. The Balaban J connectivity index is 1.99. The van der Waals surface area contributed by atoms with Crippen LogP contribution in [0.4, 0.5) is 5.69 Å². The van der Waals surface area contributed by atoms with Gasteiger partial charge in [0, 0.05) is 9.50 Å². The third-order valence-corrected chi connectivity index (χ3v) is 3.89. The Kier molecular flexibility index (Phi) is 5.03. The van der Waals surface area contributed by atoms with Crippen molar-refractivity contribution in [1.29, 1.82) is 0 Å². The summed E-state index contributed by atoms with van der Waals surface area (Å²) in [6.07, 6.45) is 2.06. The first-order valence-corrected chi connectivity index (χ1v) is 8.01. The summed E-state index contributed by atoms with van der Waals surface area (Å²) in [7, 11) is 0. The predicted octanol–water partition coefficient (Wildman–Crippen LogP) is 5.17. The lowest BCUT2D eigenvalue weighted by molar-refractivity contribution is 0.487. The van der Waals surface area contributed by atoms with Crippen molar-refractivity contribution in [1.82, 2.24) is 0 Å². The lowest BCUT2D eigenvalue weighted by Gasteiger charge is -2.07. The summed E-state index contributed by atoms with van der Waals surface area (Å²) in [6.45, 7) is 0.646. The molecule has 0 aliphatic heterocycles. The molecular formula is C13H13BrClNOS. The summed E-state index contributed by atoms with van der Waals surface area (Å²) in [4.78, 5) is 0. The SMILES string of the molecule is CSCc1ccc(CNc2cc(Cl)ccc2Br)o1. The Bertz CT molecular complexity index is 529. The highest BCUT2D eigenvalue weighted by atomic mass is 79.9. The third kappa shape index (κ3) is 3.70. The number of halogens is 2. The summed E-state index contributed by atoms with van der Waals surface area (Å²) in [6, 6.07) is 9.67. The monoisotopic (exact) mass is 345 g/mol. The van der Waals surface area contributed by atoms with E-state index in [0.717, 1.165) is 27.4 Å². The maximum absolute atomic E-state index is 5.96. The fourth-order valence-electron chi connectivity index (χ4n) is 1.55. The van der Waals surface area contributed by atoms with Gasteiger partial charge >= 0.3 is 0 Å². The van der Waals surface area contributed by atoms with Gasteiger partial charge in [-0.2, -0.15) is 11.8 Å². The largest absolute Gasteiger partial charge is 0.463 e. The Morgan fingerprint density at radius 1 is 1.28 bits per heavy atom. The van der Waals surface area contributed by atoms with Gasteiger partial charge in [0.25, 0.3) is 0 Å². The Morgan fingerprint density at radius 2 is 2.06 bits per heavy atom. The number of anilines is 1. The van der Waals surface area contributed by atoms with Crippen LogP contribution in [0, 0.1) is 0 Å². The highest BCUT2D eigenvalue weighted by Crippen LogP contribution is 2.26. The normalized spacial score (nSPS) is 10.6. The second-order valence-electron chi connectivity index (χ2n) is 3.78. The maximum atomic E-state index is 5.96. The van der Waals surface area contributed by atoms with Crippen molar-refractivity contribution in [3.05, 3.63) is 51.3 Å². The summed E-state index contributed by atoms with van der Waals surface area (Å²) in [5, 5.41) is 4.00. The van der Waals surface area contributed by atoms with Crippen LogP contribution in [0.25, 0.3) is 0 Å². The van der Waals surface area contributed by atoms with Crippen LogP contribution in [0.1, 0.15) is 11.5 Å². The number of hydrogen-bond donors (Lipinski definition) is 1. The molecule has 5 heteroatoms. The van der Waals surface area contributed by atoms with Crippen molar-refractivity contribution in [2.45, 2.75) is 12.3 Å². The van der Waals surface area contributed by atoms with Crippen molar-refractivity contribution in [2.24, 2.45) is 0 Å². The molecule has 2 aromatic rings. The van der Waals surface area contributed by atoms with Crippen molar-refractivity contribution < 1.29 is 4.42 Å². The quantitative estimate of drug-likeness (QED) is 0.808. The summed E-state index contributed by atoms with van der Waals surface area (Å²) >= 11 is 11.2. The molecule has 1 aromatic carbocycles. The van der Waals surface area contributed by atoms with E-state index in [-0.39, 0.29) is 0 Å². The molecule has 1 heterocycles. The van der Waals surface area contributed by atoms with Crippen LogP contribution < -0.4 is 5.32 Å². The molecule has 0 bridgehead atoms. The molecule has 0 spiro atoms. The van der Waals surface area contributed by atoms with Crippen molar-refractivity contribution in [3.63, 3.8) is 0 Å². The molecule has 2 nitrogen and oxygen atoms in total. The molecule has 0 unspecified atom stereocenters. The van der Waals surface area contributed by atoms with Gasteiger partial charge in [-0.25, -0.2) is 0 Å². The van der Waals surface area contributed by atoms with Gasteiger partial charge in [0.2, 0.25) is 0 Å². The highest BCUT2D eigenvalue weighted by Gasteiger charge is 2.04. The molecule has 0 saturated heterocycles. The average molecular weight is 347 g/mol. The van der Waals surface area contributed by atoms with Crippen LogP contribution in [-0.2, 0) is 12.3 Å². The number of hydrogen-bond acceptors (Lipinski definition) is 3. The fraction of sp³-hybridized carbons (Fsp3) is 0.231. The minimum Gasteiger partial charge on any atom is -0.463 e. The van der Waals surface area contributed by atoms with Crippen LogP contribution in [0.5, 0.6) is 0 Å². The zero-order valence-corrected chi connectivity index (χ0v) is 13.0. The van der Waals surface area contributed by atoms with Gasteiger partial charge in [0.05, 0.1) is 18.0 Å². The molecule has 0 radical (unpaired) electrons. The topological polar surface area (TPSA) is 25.2 Å². The van der Waals surface area contributed by atoms with Gasteiger partial charge in [0.1, 0.15) is 11.5 Å². The molecule has 18 heavy (non-hydrogen) atoms. The van der Waals surface area contributed by atoms with E-state index >= 15 is 0 Å². The van der Waals surface area contributed by atoms with Crippen molar-refractivity contribution in [3.8, 4) is 0 Å². The Morgan fingerprint density at radius 3 is 2.83 bits per heavy atom. The van der Waals surface area contributed by atoms with Crippen LogP contribution >= 0.6 is 39.3 Å². The molecule has 1 N–H and O–H groups in total. The predicted molar refractivity (Wildman–Crippen MR) is 82.4 cm³/mol. The molecule has 0 aliphatic rings. The first kappa shape index (κ1) is 13.8. The number of benzene rings is 1.